The van der Waals surface area contributed by atoms with Gasteiger partial charge in [0.15, 0.2) is 0 Å². The van der Waals surface area contributed by atoms with Crippen LogP contribution in [0.3, 0.4) is 0 Å². The number of aliphatic carboxylic acids is 1. The van der Waals surface area contributed by atoms with Crippen molar-refractivity contribution in [3.8, 4) is 0 Å². The fraction of sp³-hybridized carbons (Fsp3) is 0.833. The molecule has 6 heteroatoms. The van der Waals surface area contributed by atoms with Crippen LogP contribution in [0.2, 0.25) is 0 Å². The average Bonchev–Trinajstić information content (AvgIpc) is 1.83. The van der Waals surface area contributed by atoms with Gasteiger partial charge in [0.25, 0.3) is 0 Å². The Morgan fingerprint density at radius 1 is 1.08 bits per heavy atom. The van der Waals surface area contributed by atoms with E-state index in [1.165, 1.54) is 0 Å². The lowest BCUT2D eigenvalue weighted by atomic mass is 10.2. The van der Waals surface area contributed by atoms with Crippen LogP contribution in [0.4, 0.5) is 0 Å². The van der Waals surface area contributed by atoms with E-state index in [1.807, 2.05) is 0 Å². The van der Waals surface area contributed by atoms with E-state index in [2.05, 4.69) is 0 Å². The average molecular weight is 197 g/mol. The van der Waals surface area contributed by atoms with Crippen LogP contribution >= 0.6 is 7.94 Å². The molecular weight excluding hydrogens is 183 g/mol. The van der Waals surface area contributed by atoms with Gasteiger partial charge in [0.2, 0.25) is 0 Å². The maximum absolute atomic E-state index is 10.0. The molecule has 12 heavy (non-hydrogen) atoms. The van der Waals surface area contributed by atoms with Crippen molar-refractivity contribution in [2.45, 2.75) is 25.7 Å². The first-order valence-corrected chi connectivity index (χ1v) is 5.53. The molecular formula is C6H14O5P+. The highest BCUT2D eigenvalue weighted by molar-refractivity contribution is 7.58. The standard InChI is InChI=1S/C6H13O5P/c7-6(8)4-2-1-3-5-12(9,10)11/h9-11H,1-5H2/p+1. The van der Waals surface area contributed by atoms with Gasteiger partial charge in [0.05, 0.1) is 0 Å². The van der Waals surface area contributed by atoms with Crippen LogP contribution in [-0.4, -0.2) is 31.9 Å². The van der Waals surface area contributed by atoms with Crippen LogP contribution in [0.25, 0.3) is 0 Å². The number of hydrogen-bond donors (Lipinski definition) is 4. The lowest BCUT2D eigenvalue weighted by Crippen LogP contribution is -1.97. The van der Waals surface area contributed by atoms with E-state index in [1.54, 1.807) is 0 Å². The fourth-order valence-electron chi connectivity index (χ4n) is 0.777. The van der Waals surface area contributed by atoms with E-state index in [4.69, 9.17) is 19.8 Å². The quantitative estimate of drug-likeness (QED) is 0.364. The van der Waals surface area contributed by atoms with E-state index in [0.29, 0.717) is 19.3 Å². The monoisotopic (exact) mass is 197 g/mol. The smallest absolute Gasteiger partial charge is 0.403 e. The third-order valence-corrected chi connectivity index (χ3v) is 2.26. The Labute approximate surface area is 71.2 Å². The molecule has 0 unspecified atom stereocenters. The van der Waals surface area contributed by atoms with Crippen molar-refractivity contribution in [3.05, 3.63) is 0 Å². The summed E-state index contributed by atoms with van der Waals surface area (Å²) < 4.78 is 0. The SMILES string of the molecule is O=C(O)CCCCC[P+](O)(O)O. The van der Waals surface area contributed by atoms with Gasteiger partial charge in [-0.25, -0.2) is 0 Å². The normalized spacial score (nSPS) is 11.6. The van der Waals surface area contributed by atoms with Gasteiger partial charge in [-0.1, -0.05) is 0 Å². The molecule has 0 fully saturated rings. The third kappa shape index (κ3) is 9.78. The van der Waals surface area contributed by atoms with Gasteiger partial charge in [0, 0.05) is 6.42 Å². The third-order valence-electron chi connectivity index (χ3n) is 1.35. The van der Waals surface area contributed by atoms with Crippen molar-refractivity contribution < 1.29 is 24.6 Å². The van der Waals surface area contributed by atoms with Crippen molar-refractivity contribution in [1.29, 1.82) is 0 Å². The Bertz CT molecular complexity index is 141. The maximum atomic E-state index is 10.0. The Kier molecular flexibility index (Phi) is 5.33. The molecule has 0 bridgehead atoms. The molecule has 0 aliphatic carbocycles. The summed E-state index contributed by atoms with van der Waals surface area (Å²) in [6.07, 6.45) is 1.61. The molecule has 0 atom stereocenters. The molecule has 0 amide bonds. The first-order chi connectivity index (χ1) is 5.42. The highest BCUT2D eigenvalue weighted by Gasteiger charge is 2.27. The molecule has 5 nitrogen and oxygen atoms in total. The van der Waals surface area contributed by atoms with Crippen molar-refractivity contribution in [2.75, 3.05) is 6.16 Å². The van der Waals surface area contributed by atoms with Crippen LogP contribution in [0, 0.1) is 0 Å². The van der Waals surface area contributed by atoms with E-state index < -0.39 is 13.9 Å². The van der Waals surface area contributed by atoms with Crippen LogP contribution in [-0.2, 0) is 4.79 Å². The second kappa shape index (κ2) is 5.43. The summed E-state index contributed by atoms with van der Waals surface area (Å²) >= 11 is 0. The number of carboxylic acids is 1. The second-order valence-corrected chi connectivity index (χ2v) is 4.45. The minimum Gasteiger partial charge on any atom is -0.481 e. The second-order valence-electron chi connectivity index (χ2n) is 2.62. The number of unbranched alkanes of at least 4 members (excludes halogenated alkanes) is 2. The Morgan fingerprint density at radius 3 is 2.08 bits per heavy atom. The minimum absolute atomic E-state index is 0.0351. The zero-order chi connectivity index (χ0) is 9.61. The number of carbonyl (C=O) groups is 1. The molecule has 0 aromatic carbocycles. The summed E-state index contributed by atoms with van der Waals surface area (Å²) in [5.41, 5.74) is 0. The lowest BCUT2D eigenvalue weighted by molar-refractivity contribution is -0.137. The zero-order valence-corrected chi connectivity index (χ0v) is 7.57. The van der Waals surface area contributed by atoms with Gasteiger partial charge in [0.1, 0.15) is 6.16 Å². The van der Waals surface area contributed by atoms with E-state index in [0.717, 1.165) is 0 Å². The summed E-state index contributed by atoms with van der Waals surface area (Å²) in [5.74, 6) is -0.854. The van der Waals surface area contributed by atoms with Gasteiger partial charge in [-0.2, -0.15) is 14.7 Å². The van der Waals surface area contributed by atoms with Gasteiger partial charge >= 0.3 is 13.9 Å². The fourth-order valence-corrected chi connectivity index (χ4v) is 1.42. The van der Waals surface area contributed by atoms with Gasteiger partial charge in [-0.05, 0) is 19.3 Å². The zero-order valence-electron chi connectivity index (χ0n) is 6.68. The maximum Gasteiger partial charge on any atom is 0.403 e. The van der Waals surface area contributed by atoms with E-state index in [9.17, 15) is 4.79 Å². The van der Waals surface area contributed by atoms with Gasteiger partial charge in [-0.15, -0.1) is 0 Å². The number of hydrogen-bond acceptors (Lipinski definition) is 4. The first kappa shape index (κ1) is 11.8. The molecule has 0 aliphatic rings. The lowest BCUT2D eigenvalue weighted by Gasteiger charge is -2.02. The summed E-state index contributed by atoms with van der Waals surface area (Å²) in [7, 11) is -3.63. The summed E-state index contributed by atoms with van der Waals surface area (Å²) in [5, 5.41) is 8.23. The molecule has 0 radical (unpaired) electrons. The Hall–Kier alpha value is -0.220. The van der Waals surface area contributed by atoms with Gasteiger partial charge < -0.3 is 5.11 Å². The molecule has 0 saturated carbocycles. The molecule has 0 saturated heterocycles. The predicted octanol–water partition coefficient (Wildman–Crippen LogP) is 0.371. The van der Waals surface area contributed by atoms with E-state index >= 15 is 0 Å². The molecule has 72 valence electrons. The summed E-state index contributed by atoms with van der Waals surface area (Å²) in [6, 6.07) is 0. The van der Waals surface area contributed by atoms with Crippen molar-refractivity contribution in [3.63, 3.8) is 0 Å². The molecule has 4 N–H and O–H groups in total. The summed E-state index contributed by atoms with van der Waals surface area (Å²) in [4.78, 5) is 35.6. The molecule has 0 aromatic rings. The van der Waals surface area contributed by atoms with Crippen LogP contribution in [0.1, 0.15) is 25.7 Å². The molecule has 0 spiro atoms. The van der Waals surface area contributed by atoms with Crippen molar-refractivity contribution in [2.24, 2.45) is 0 Å². The Balaban J connectivity index is 3.17. The van der Waals surface area contributed by atoms with Crippen molar-refractivity contribution >= 4 is 13.9 Å². The summed E-state index contributed by atoms with van der Waals surface area (Å²) in [6.45, 7) is 0. The van der Waals surface area contributed by atoms with Crippen LogP contribution in [0.15, 0.2) is 0 Å². The minimum atomic E-state index is -3.63. The highest BCUT2D eigenvalue weighted by atomic mass is 31.2. The van der Waals surface area contributed by atoms with Gasteiger partial charge in [-0.3, -0.25) is 4.79 Å². The predicted molar refractivity (Wildman–Crippen MR) is 44.5 cm³/mol. The molecule has 0 rings (SSSR count). The van der Waals surface area contributed by atoms with Crippen LogP contribution < -0.4 is 0 Å². The largest absolute Gasteiger partial charge is 0.481 e. The molecule has 0 heterocycles. The molecule has 0 aliphatic heterocycles. The molecule has 0 aromatic heterocycles. The highest BCUT2D eigenvalue weighted by Crippen LogP contribution is 2.45. The van der Waals surface area contributed by atoms with Crippen molar-refractivity contribution in [1.82, 2.24) is 0 Å². The van der Waals surface area contributed by atoms with E-state index in [-0.39, 0.29) is 12.6 Å². The first-order valence-electron chi connectivity index (χ1n) is 3.70. The van der Waals surface area contributed by atoms with Crippen LogP contribution in [0.5, 0.6) is 0 Å². The number of rotatable bonds is 6. The Morgan fingerprint density at radius 2 is 1.67 bits per heavy atom. The topological polar surface area (TPSA) is 98.0 Å². The number of carboxylic acid groups (broad SMARTS) is 1.